The van der Waals surface area contributed by atoms with Gasteiger partial charge in [0.2, 0.25) is 0 Å². The number of nitrogens with zero attached hydrogens (tertiary/aromatic N) is 2. The van der Waals surface area contributed by atoms with Gasteiger partial charge in [-0.25, -0.2) is 16.8 Å². The number of hydrogen-bond donors (Lipinski definition) is 0. The summed E-state index contributed by atoms with van der Waals surface area (Å²) in [6.45, 7) is 5.21. The quantitative estimate of drug-likeness (QED) is 0.262. The summed E-state index contributed by atoms with van der Waals surface area (Å²) in [5, 5.41) is 0. The minimum atomic E-state index is -4.44. The molecule has 1 fully saturated rings. The van der Waals surface area contributed by atoms with E-state index < -0.39 is 29.8 Å². The zero-order chi connectivity index (χ0) is 18.7. The topological polar surface area (TPSA) is 105 Å². The first-order valence-electron chi connectivity index (χ1n) is 8.15. The second kappa shape index (κ2) is 7.64. The van der Waals surface area contributed by atoms with Gasteiger partial charge in [0.15, 0.2) is 0 Å². The summed E-state index contributed by atoms with van der Waals surface area (Å²) >= 11 is 0. The normalized spacial score (nSPS) is 16.2. The Kier molecular flexibility index (Phi) is 5.98. The highest BCUT2D eigenvalue weighted by Crippen LogP contribution is 2.35. The molecule has 136 valence electrons. The third-order valence-electron chi connectivity index (χ3n) is 4.52. The number of sulfone groups is 2. The summed E-state index contributed by atoms with van der Waals surface area (Å²) in [7, 11) is -8.73. The lowest BCUT2D eigenvalue weighted by atomic mass is 9.82. The summed E-state index contributed by atoms with van der Waals surface area (Å²) in [4.78, 5) is 2.42. The Morgan fingerprint density at radius 1 is 1.24 bits per heavy atom. The van der Waals surface area contributed by atoms with Crippen molar-refractivity contribution in [3.05, 3.63) is 47.5 Å². The SMILES string of the molecule is C=CCS(=O)(=O)C(=[N+]=[N-])S(=O)(=O)c1ccc(C)c(C2CCCCC2)c1. The first-order valence-corrected chi connectivity index (χ1v) is 11.3. The van der Waals surface area contributed by atoms with Crippen LogP contribution in [0, 0.1) is 6.92 Å². The lowest BCUT2D eigenvalue weighted by molar-refractivity contribution is 0.00383. The fourth-order valence-corrected chi connectivity index (χ4v) is 6.50. The Morgan fingerprint density at radius 2 is 1.88 bits per heavy atom. The third-order valence-corrected chi connectivity index (χ3v) is 8.65. The van der Waals surface area contributed by atoms with E-state index in [1.54, 1.807) is 6.07 Å². The molecule has 0 radical (unpaired) electrons. The molecule has 2 rings (SSSR count). The van der Waals surface area contributed by atoms with E-state index in [2.05, 4.69) is 11.4 Å². The predicted molar refractivity (Wildman–Crippen MR) is 96.8 cm³/mol. The van der Waals surface area contributed by atoms with Gasteiger partial charge in [-0.15, -0.1) is 11.4 Å². The Bertz CT molecular complexity index is 921. The van der Waals surface area contributed by atoms with Crippen molar-refractivity contribution in [1.29, 1.82) is 0 Å². The maximum absolute atomic E-state index is 12.7. The van der Waals surface area contributed by atoms with Crippen molar-refractivity contribution in [2.75, 3.05) is 5.75 Å². The van der Waals surface area contributed by atoms with Crippen LogP contribution in [-0.4, -0.2) is 31.8 Å². The molecule has 0 aliphatic heterocycles. The van der Waals surface area contributed by atoms with Crippen LogP contribution in [0.3, 0.4) is 0 Å². The van der Waals surface area contributed by atoms with Gasteiger partial charge in [-0.2, -0.15) is 0 Å². The molecule has 6 nitrogen and oxygen atoms in total. The van der Waals surface area contributed by atoms with E-state index in [0.717, 1.165) is 42.9 Å². The van der Waals surface area contributed by atoms with Crippen molar-refractivity contribution in [1.82, 2.24) is 0 Å². The highest BCUT2D eigenvalue weighted by molar-refractivity contribution is 8.31. The van der Waals surface area contributed by atoms with Crippen molar-refractivity contribution in [3.63, 3.8) is 0 Å². The van der Waals surface area contributed by atoms with Crippen LogP contribution < -0.4 is 0 Å². The van der Waals surface area contributed by atoms with Crippen LogP contribution in [0.4, 0.5) is 0 Å². The zero-order valence-corrected chi connectivity index (χ0v) is 15.8. The lowest BCUT2D eigenvalue weighted by Gasteiger charge is -2.24. The standard InChI is InChI=1S/C17H22N2O4S2/c1-3-11-24(20,21)17(19-18)25(22,23)15-10-9-13(2)16(12-15)14-7-5-4-6-8-14/h3,9-10,12,14H,1,4-8,11H2,2H3. The monoisotopic (exact) mass is 382 g/mol. The van der Waals surface area contributed by atoms with E-state index >= 15 is 0 Å². The molecule has 0 heterocycles. The largest absolute Gasteiger partial charge is 0.499 e. The molecule has 0 aromatic heterocycles. The van der Waals surface area contributed by atoms with Gasteiger partial charge in [-0.05, 0) is 48.9 Å². The molecular formula is C17H22N2O4S2. The van der Waals surface area contributed by atoms with Crippen molar-refractivity contribution in [2.24, 2.45) is 0 Å². The molecule has 0 saturated heterocycles. The Hall–Kier alpha value is -1.76. The number of rotatable bonds is 4. The van der Waals surface area contributed by atoms with Gasteiger partial charge < -0.3 is 5.53 Å². The molecule has 1 aliphatic rings. The molecule has 1 aromatic carbocycles. The second-order valence-corrected chi connectivity index (χ2v) is 10.4. The third kappa shape index (κ3) is 4.08. The smallest absolute Gasteiger partial charge is 0.359 e. The van der Waals surface area contributed by atoms with E-state index in [1.807, 2.05) is 6.92 Å². The van der Waals surface area contributed by atoms with E-state index in [4.69, 9.17) is 5.53 Å². The van der Waals surface area contributed by atoms with Crippen LogP contribution in [0.2, 0.25) is 0 Å². The van der Waals surface area contributed by atoms with Gasteiger partial charge in [0, 0.05) is 0 Å². The number of hydrogen-bond acceptors (Lipinski definition) is 4. The highest BCUT2D eigenvalue weighted by Gasteiger charge is 2.42. The fourth-order valence-electron chi connectivity index (χ4n) is 3.25. The summed E-state index contributed by atoms with van der Waals surface area (Å²) in [6, 6.07) is 4.55. The molecule has 0 spiro atoms. The van der Waals surface area contributed by atoms with Gasteiger partial charge in [0.05, 0.1) is 10.6 Å². The second-order valence-electron chi connectivity index (χ2n) is 6.29. The summed E-state index contributed by atoms with van der Waals surface area (Å²) < 4.78 is 48.4. The maximum Gasteiger partial charge on any atom is 0.499 e. The van der Waals surface area contributed by atoms with Crippen LogP contribution in [0.25, 0.3) is 5.53 Å². The van der Waals surface area contributed by atoms with Crippen LogP contribution in [0.5, 0.6) is 0 Å². The van der Waals surface area contributed by atoms with Crippen molar-refractivity contribution in [2.45, 2.75) is 49.8 Å². The molecule has 1 aliphatic carbocycles. The maximum atomic E-state index is 12.7. The molecule has 0 unspecified atom stereocenters. The summed E-state index contributed by atoms with van der Waals surface area (Å²) in [6.07, 6.45) is 6.39. The molecule has 0 atom stereocenters. The molecule has 25 heavy (non-hydrogen) atoms. The Morgan fingerprint density at radius 3 is 2.44 bits per heavy atom. The van der Waals surface area contributed by atoms with Crippen LogP contribution in [0.1, 0.15) is 49.1 Å². The van der Waals surface area contributed by atoms with Gasteiger partial charge in [-0.3, -0.25) is 0 Å². The molecule has 1 saturated carbocycles. The van der Waals surface area contributed by atoms with Crippen LogP contribution >= 0.6 is 0 Å². The van der Waals surface area contributed by atoms with E-state index in [0.29, 0.717) is 0 Å². The van der Waals surface area contributed by atoms with Gasteiger partial charge in [0.1, 0.15) is 0 Å². The average molecular weight is 383 g/mol. The molecule has 1 aromatic rings. The van der Waals surface area contributed by atoms with Gasteiger partial charge >= 0.3 is 4.38 Å². The van der Waals surface area contributed by atoms with E-state index in [1.165, 1.54) is 18.6 Å². The van der Waals surface area contributed by atoms with Crippen molar-refractivity contribution < 1.29 is 21.6 Å². The van der Waals surface area contributed by atoms with E-state index in [9.17, 15) is 16.8 Å². The molecule has 0 bridgehead atoms. The van der Waals surface area contributed by atoms with Crippen molar-refractivity contribution >= 4 is 24.1 Å². The van der Waals surface area contributed by atoms with Gasteiger partial charge in [0.25, 0.3) is 19.7 Å². The first kappa shape index (κ1) is 19.6. The summed E-state index contributed by atoms with van der Waals surface area (Å²) in [5.74, 6) is -0.351. The number of aryl methyl sites for hydroxylation is 1. The minimum absolute atomic E-state index is 0.167. The molecular weight excluding hydrogens is 360 g/mol. The Labute approximate surface area is 149 Å². The fraction of sp³-hybridized carbons (Fsp3) is 0.471. The average Bonchev–Trinajstić information content (AvgIpc) is 2.55. The lowest BCUT2D eigenvalue weighted by Crippen LogP contribution is -2.28. The van der Waals surface area contributed by atoms with E-state index in [-0.39, 0.29) is 10.8 Å². The summed E-state index contributed by atoms with van der Waals surface area (Å²) in [5.41, 5.74) is 10.9. The van der Waals surface area contributed by atoms with Gasteiger partial charge in [-0.1, -0.05) is 31.4 Å². The minimum Gasteiger partial charge on any atom is -0.359 e. The highest BCUT2D eigenvalue weighted by atomic mass is 32.3. The zero-order valence-electron chi connectivity index (χ0n) is 14.2. The number of benzene rings is 1. The van der Waals surface area contributed by atoms with Crippen molar-refractivity contribution in [3.8, 4) is 0 Å². The first-order chi connectivity index (χ1) is 11.7. The molecule has 0 N–H and O–H groups in total. The Balaban J connectivity index is 2.53. The van der Waals surface area contributed by atoms with Crippen LogP contribution in [0.15, 0.2) is 35.7 Å². The predicted octanol–water partition coefficient (Wildman–Crippen LogP) is 3.00. The molecule has 0 amide bonds. The molecule has 8 heteroatoms. The van der Waals surface area contributed by atoms with Crippen LogP contribution in [-0.2, 0) is 19.7 Å².